The third-order valence-electron chi connectivity index (χ3n) is 2.68. The summed E-state index contributed by atoms with van der Waals surface area (Å²) in [5, 5.41) is 3.09. The Balaban J connectivity index is 2.10. The van der Waals surface area contributed by atoms with Gasteiger partial charge in [0.2, 0.25) is 5.09 Å². The van der Waals surface area contributed by atoms with Crippen LogP contribution in [0.3, 0.4) is 0 Å². The summed E-state index contributed by atoms with van der Waals surface area (Å²) in [6, 6.07) is 10.5. The topological polar surface area (TPSA) is 71.3 Å². The lowest BCUT2D eigenvalue weighted by molar-refractivity contribution is 0.396. The van der Waals surface area contributed by atoms with Crippen LogP contribution >= 0.6 is 22.6 Å². The van der Waals surface area contributed by atoms with Crippen molar-refractivity contribution in [3.05, 3.63) is 45.7 Å². The minimum absolute atomic E-state index is 0.0818. The largest absolute Gasteiger partial charge is 0.446 e. The first-order valence-electron chi connectivity index (χ1n) is 6.47. The van der Waals surface area contributed by atoms with Crippen molar-refractivity contribution in [1.29, 1.82) is 0 Å². The van der Waals surface area contributed by atoms with Crippen molar-refractivity contribution in [3.8, 4) is 0 Å². The van der Waals surface area contributed by atoms with E-state index in [-0.39, 0.29) is 5.09 Å². The second-order valence-corrected chi connectivity index (χ2v) is 7.73. The number of hydrogen-bond donors (Lipinski definition) is 2. The van der Waals surface area contributed by atoms with E-state index in [0.29, 0.717) is 24.0 Å². The SMILES string of the molecule is CC(C)NCc1ccc(S(=O)(=O)Nc2ccc(I)cc2)o1. The van der Waals surface area contributed by atoms with Crippen LogP contribution in [0.1, 0.15) is 19.6 Å². The molecule has 114 valence electrons. The first-order valence-corrected chi connectivity index (χ1v) is 9.03. The number of furan rings is 1. The molecule has 1 heterocycles. The van der Waals surface area contributed by atoms with Gasteiger partial charge < -0.3 is 9.73 Å². The summed E-state index contributed by atoms with van der Waals surface area (Å²) in [4.78, 5) is 0. The Morgan fingerprint density at radius 3 is 2.43 bits per heavy atom. The minimum Gasteiger partial charge on any atom is -0.446 e. The zero-order valence-electron chi connectivity index (χ0n) is 11.8. The van der Waals surface area contributed by atoms with E-state index < -0.39 is 10.0 Å². The Kier molecular flexibility index (Phi) is 5.28. The zero-order chi connectivity index (χ0) is 15.5. The van der Waals surface area contributed by atoms with Crippen LogP contribution in [-0.4, -0.2) is 14.5 Å². The first-order chi connectivity index (χ1) is 9.87. The van der Waals surface area contributed by atoms with Crippen molar-refractivity contribution in [2.24, 2.45) is 0 Å². The molecule has 0 atom stereocenters. The molecule has 0 amide bonds. The number of halogens is 1. The Hall–Kier alpha value is -1.06. The van der Waals surface area contributed by atoms with Gasteiger partial charge in [-0.1, -0.05) is 13.8 Å². The maximum Gasteiger partial charge on any atom is 0.295 e. The Bertz CT molecular complexity index is 693. The van der Waals surface area contributed by atoms with Gasteiger partial charge in [0, 0.05) is 15.3 Å². The van der Waals surface area contributed by atoms with Crippen LogP contribution in [0.4, 0.5) is 5.69 Å². The second-order valence-electron chi connectivity index (χ2n) is 4.87. The first kappa shape index (κ1) is 16.3. The maximum atomic E-state index is 12.2. The number of sulfonamides is 1. The average Bonchev–Trinajstić information content (AvgIpc) is 2.88. The van der Waals surface area contributed by atoms with Crippen LogP contribution in [-0.2, 0) is 16.6 Å². The molecule has 7 heteroatoms. The predicted octanol–water partition coefficient (Wildman–Crippen LogP) is 3.18. The fourth-order valence-electron chi connectivity index (χ4n) is 1.63. The van der Waals surface area contributed by atoms with Gasteiger partial charge in [0.05, 0.1) is 6.54 Å². The fourth-order valence-corrected chi connectivity index (χ4v) is 3.00. The lowest BCUT2D eigenvalue weighted by Crippen LogP contribution is -2.21. The van der Waals surface area contributed by atoms with Gasteiger partial charge in [0.15, 0.2) is 0 Å². The fraction of sp³-hybridized carbons (Fsp3) is 0.286. The minimum atomic E-state index is -3.69. The van der Waals surface area contributed by atoms with Crippen LogP contribution in [0, 0.1) is 3.57 Å². The molecule has 0 radical (unpaired) electrons. The van der Waals surface area contributed by atoms with Crippen LogP contribution < -0.4 is 10.0 Å². The molecule has 2 aromatic rings. The lowest BCUT2D eigenvalue weighted by Gasteiger charge is -2.06. The number of nitrogens with one attached hydrogen (secondary N) is 2. The molecule has 0 aliphatic rings. The predicted molar refractivity (Wildman–Crippen MR) is 90.7 cm³/mol. The molecule has 1 aromatic heterocycles. The number of rotatable bonds is 6. The molecule has 1 aromatic carbocycles. The molecule has 0 bridgehead atoms. The maximum absolute atomic E-state index is 12.2. The van der Waals surface area contributed by atoms with Crippen molar-refractivity contribution in [3.63, 3.8) is 0 Å². The quantitative estimate of drug-likeness (QED) is 0.705. The van der Waals surface area contributed by atoms with Crippen LogP contribution in [0.2, 0.25) is 0 Å². The van der Waals surface area contributed by atoms with Gasteiger partial charge in [-0.05, 0) is 59.0 Å². The highest BCUT2D eigenvalue weighted by molar-refractivity contribution is 14.1. The van der Waals surface area contributed by atoms with Crippen molar-refractivity contribution in [2.75, 3.05) is 4.72 Å². The van der Waals surface area contributed by atoms with Gasteiger partial charge in [0.1, 0.15) is 5.76 Å². The van der Waals surface area contributed by atoms with Gasteiger partial charge in [-0.3, -0.25) is 4.72 Å². The molecule has 0 aliphatic carbocycles. The van der Waals surface area contributed by atoms with Crippen LogP contribution in [0.15, 0.2) is 45.9 Å². The second kappa shape index (κ2) is 6.80. The Morgan fingerprint density at radius 1 is 1.14 bits per heavy atom. The number of benzene rings is 1. The van der Waals surface area contributed by atoms with E-state index >= 15 is 0 Å². The third-order valence-corrected chi connectivity index (χ3v) is 4.66. The standard InChI is InChI=1S/C14H17IN2O3S/c1-10(2)16-9-13-7-8-14(20-13)21(18,19)17-12-5-3-11(15)4-6-12/h3-8,10,16-17H,9H2,1-2H3. The molecular formula is C14H17IN2O3S. The monoisotopic (exact) mass is 420 g/mol. The van der Waals surface area contributed by atoms with E-state index in [1.54, 1.807) is 18.2 Å². The third kappa shape index (κ3) is 4.72. The summed E-state index contributed by atoms with van der Waals surface area (Å²) >= 11 is 2.16. The summed E-state index contributed by atoms with van der Waals surface area (Å²) in [5.74, 6) is 0.590. The summed E-state index contributed by atoms with van der Waals surface area (Å²) in [5.41, 5.74) is 0.508. The molecular weight excluding hydrogens is 403 g/mol. The van der Waals surface area contributed by atoms with Gasteiger partial charge in [-0.2, -0.15) is 8.42 Å². The Morgan fingerprint density at radius 2 is 1.81 bits per heavy atom. The molecule has 21 heavy (non-hydrogen) atoms. The average molecular weight is 420 g/mol. The van der Waals surface area contributed by atoms with Gasteiger partial charge >= 0.3 is 0 Å². The van der Waals surface area contributed by atoms with Crippen molar-refractivity contribution in [1.82, 2.24) is 5.32 Å². The molecule has 5 nitrogen and oxygen atoms in total. The van der Waals surface area contributed by atoms with E-state index in [1.165, 1.54) is 6.07 Å². The normalized spacial score (nSPS) is 11.8. The molecule has 0 unspecified atom stereocenters. The molecule has 0 saturated carbocycles. The highest BCUT2D eigenvalue weighted by Gasteiger charge is 2.19. The smallest absolute Gasteiger partial charge is 0.295 e. The molecule has 0 fully saturated rings. The highest BCUT2D eigenvalue weighted by Crippen LogP contribution is 2.19. The summed E-state index contributed by atoms with van der Waals surface area (Å²) < 4.78 is 33.3. The van der Waals surface area contributed by atoms with Crippen LogP contribution in [0.25, 0.3) is 0 Å². The van der Waals surface area contributed by atoms with Crippen LogP contribution in [0.5, 0.6) is 0 Å². The summed E-state index contributed by atoms with van der Waals surface area (Å²) in [6.07, 6.45) is 0. The Labute approximate surface area is 138 Å². The number of anilines is 1. The summed E-state index contributed by atoms with van der Waals surface area (Å²) in [6.45, 7) is 4.52. The van der Waals surface area contributed by atoms with Gasteiger partial charge in [-0.25, -0.2) is 0 Å². The molecule has 2 N–H and O–H groups in total. The van der Waals surface area contributed by atoms with Gasteiger partial charge in [-0.15, -0.1) is 0 Å². The van der Waals surface area contributed by atoms with Crippen molar-refractivity contribution in [2.45, 2.75) is 31.5 Å². The van der Waals surface area contributed by atoms with E-state index in [1.807, 2.05) is 26.0 Å². The van der Waals surface area contributed by atoms with Crippen molar-refractivity contribution < 1.29 is 12.8 Å². The lowest BCUT2D eigenvalue weighted by atomic mass is 10.3. The molecule has 0 spiro atoms. The zero-order valence-corrected chi connectivity index (χ0v) is 14.7. The van der Waals surface area contributed by atoms with E-state index in [0.717, 1.165) is 3.57 Å². The van der Waals surface area contributed by atoms with E-state index in [4.69, 9.17) is 4.42 Å². The molecule has 2 rings (SSSR count). The van der Waals surface area contributed by atoms with Gasteiger partial charge in [0.25, 0.3) is 10.0 Å². The summed E-state index contributed by atoms with van der Waals surface area (Å²) in [7, 11) is -3.69. The highest BCUT2D eigenvalue weighted by atomic mass is 127. The van der Waals surface area contributed by atoms with E-state index in [2.05, 4.69) is 32.6 Å². The van der Waals surface area contributed by atoms with Crippen molar-refractivity contribution >= 4 is 38.3 Å². The molecule has 0 saturated heterocycles. The van der Waals surface area contributed by atoms with E-state index in [9.17, 15) is 8.42 Å². The molecule has 0 aliphatic heterocycles. The number of hydrogen-bond acceptors (Lipinski definition) is 4.